The van der Waals surface area contributed by atoms with Crippen LogP contribution in [0.1, 0.15) is 36.8 Å². The number of nitrogens with one attached hydrogen (secondary N) is 2. The maximum Gasteiger partial charge on any atom is 0.313 e. The summed E-state index contributed by atoms with van der Waals surface area (Å²) in [6.07, 6.45) is 2.65. The quantitative estimate of drug-likeness (QED) is 0.646. The monoisotopic (exact) mass is 461 g/mol. The second kappa shape index (κ2) is 10.2. The maximum atomic E-state index is 13.6. The average molecular weight is 462 g/mol. The van der Waals surface area contributed by atoms with Crippen LogP contribution in [0.5, 0.6) is 0 Å². The molecule has 0 saturated carbocycles. The van der Waals surface area contributed by atoms with Gasteiger partial charge in [0, 0.05) is 24.8 Å². The molecule has 3 rings (SSSR count). The summed E-state index contributed by atoms with van der Waals surface area (Å²) < 4.78 is 41.3. The summed E-state index contributed by atoms with van der Waals surface area (Å²) in [7, 11) is -3.79. The number of benzene rings is 2. The topological polar surface area (TPSA) is 95.6 Å². The summed E-state index contributed by atoms with van der Waals surface area (Å²) in [5, 5.41) is 5.12. The van der Waals surface area contributed by atoms with Crippen molar-refractivity contribution in [3.05, 3.63) is 59.4 Å². The van der Waals surface area contributed by atoms with Crippen LogP contribution in [0, 0.1) is 19.7 Å². The van der Waals surface area contributed by atoms with Gasteiger partial charge in [-0.2, -0.15) is 4.31 Å². The van der Waals surface area contributed by atoms with Crippen LogP contribution in [-0.2, 0) is 19.6 Å². The highest BCUT2D eigenvalue weighted by Gasteiger charge is 2.33. The zero-order valence-corrected chi connectivity index (χ0v) is 19.0. The van der Waals surface area contributed by atoms with Crippen molar-refractivity contribution < 1.29 is 22.4 Å². The fourth-order valence-corrected chi connectivity index (χ4v) is 5.64. The number of carbonyl (C=O) groups is 2. The van der Waals surface area contributed by atoms with Gasteiger partial charge < -0.3 is 10.6 Å². The molecular formula is C23H28FN3O4S. The van der Waals surface area contributed by atoms with Gasteiger partial charge in [-0.1, -0.05) is 18.6 Å². The van der Waals surface area contributed by atoms with E-state index in [2.05, 4.69) is 10.6 Å². The third-order valence-corrected chi connectivity index (χ3v) is 7.50. The molecule has 2 N–H and O–H groups in total. The van der Waals surface area contributed by atoms with Crippen molar-refractivity contribution in [2.45, 2.75) is 50.5 Å². The first-order valence-electron chi connectivity index (χ1n) is 10.6. The number of carbonyl (C=O) groups excluding carboxylic acids is 2. The Labute approximate surface area is 188 Å². The van der Waals surface area contributed by atoms with E-state index in [1.54, 1.807) is 18.2 Å². The second-order valence-electron chi connectivity index (χ2n) is 8.04. The molecule has 9 heteroatoms. The van der Waals surface area contributed by atoms with E-state index in [1.807, 2.05) is 13.0 Å². The standard InChI is InChI=1S/C23H28FN3O4S/c1-16-6-5-7-18(14-16)26-23(29)22(28)25-12-11-19-8-3-4-13-27(19)32(30,31)20-9-10-21(24)17(2)15-20/h5-7,9-10,14-15,19H,3-4,8,11-13H2,1-2H3,(H,25,28)(H,26,29)/t19-/m0/s1. The van der Waals surface area contributed by atoms with Gasteiger partial charge in [-0.25, -0.2) is 12.8 Å². The molecule has 0 spiro atoms. The minimum atomic E-state index is -3.79. The Morgan fingerprint density at radius 3 is 2.59 bits per heavy atom. The number of hydrogen-bond donors (Lipinski definition) is 2. The smallest absolute Gasteiger partial charge is 0.313 e. The van der Waals surface area contributed by atoms with Crippen molar-refractivity contribution in [2.75, 3.05) is 18.4 Å². The number of aryl methyl sites for hydroxylation is 2. The molecule has 0 bridgehead atoms. The minimum absolute atomic E-state index is 0.0601. The fourth-order valence-electron chi connectivity index (χ4n) is 3.84. The van der Waals surface area contributed by atoms with Crippen LogP contribution in [0.4, 0.5) is 10.1 Å². The largest absolute Gasteiger partial charge is 0.348 e. The number of halogens is 1. The minimum Gasteiger partial charge on any atom is -0.348 e. The van der Waals surface area contributed by atoms with Crippen molar-refractivity contribution in [2.24, 2.45) is 0 Å². The van der Waals surface area contributed by atoms with E-state index in [0.717, 1.165) is 24.5 Å². The molecule has 1 heterocycles. The Bertz CT molecular complexity index is 1100. The van der Waals surface area contributed by atoms with Gasteiger partial charge in [0.25, 0.3) is 0 Å². The van der Waals surface area contributed by atoms with Gasteiger partial charge in [0.2, 0.25) is 10.0 Å². The van der Waals surface area contributed by atoms with E-state index < -0.39 is 27.7 Å². The number of amides is 2. The summed E-state index contributed by atoms with van der Waals surface area (Å²) in [6, 6.07) is 10.6. The highest BCUT2D eigenvalue weighted by Crippen LogP contribution is 2.27. The van der Waals surface area contributed by atoms with E-state index in [9.17, 15) is 22.4 Å². The van der Waals surface area contributed by atoms with Crippen LogP contribution >= 0.6 is 0 Å². The molecule has 2 aromatic carbocycles. The number of hydrogen-bond acceptors (Lipinski definition) is 4. The predicted octanol–water partition coefficient (Wildman–Crippen LogP) is 3.13. The van der Waals surface area contributed by atoms with Gasteiger partial charge in [-0.15, -0.1) is 0 Å². The molecule has 1 aliphatic heterocycles. The second-order valence-corrected chi connectivity index (χ2v) is 9.94. The fraction of sp³-hybridized carbons (Fsp3) is 0.391. The van der Waals surface area contributed by atoms with Gasteiger partial charge >= 0.3 is 11.8 Å². The summed E-state index contributed by atoms with van der Waals surface area (Å²) in [4.78, 5) is 24.3. The molecule has 0 unspecified atom stereocenters. The zero-order valence-electron chi connectivity index (χ0n) is 18.2. The lowest BCUT2D eigenvalue weighted by atomic mass is 10.0. The van der Waals surface area contributed by atoms with E-state index in [1.165, 1.54) is 23.4 Å². The van der Waals surface area contributed by atoms with Crippen LogP contribution in [0.2, 0.25) is 0 Å². The van der Waals surface area contributed by atoms with Gasteiger partial charge in [-0.05, 0) is 74.6 Å². The first-order chi connectivity index (χ1) is 15.2. The molecule has 0 aromatic heterocycles. The Kier molecular flexibility index (Phi) is 7.63. The van der Waals surface area contributed by atoms with Crippen LogP contribution in [0.3, 0.4) is 0 Å². The first-order valence-corrected chi connectivity index (χ1v) is 12.1. The number of anilines is 1. The van der Waals surface area contributed by atoms with Gasteiger partial charge in [0.1, 0.15) is 5.82 Å². The molecule has 0 radical (unpaired) electrons. The lowest BCUT2D eigenvalue weighted by Gasteiger charge is -2.34. The summed E-state index contributed by atoms with van der Waals surface area (Å²) in [5.41, 5.74) is 1.76. The van der Waals surface area contributed by atoms with E-state index in [-0.39, 0.29) is 23.0 Å². The molecule has 1 saturated heterocycles. The molecule has 7 nitrogen and oxygen atoms in total. The summed E-state index contributed by atoms with van der Waals surface area (Å²) >= 11 is 0. The first kappa shape index (κ1) is 23.9. The molecule has 2 aromatic rings. The molecule has 2 amide bonds. The van der Waals surface area contributed by atoms with E-state index in [0.29, 0.717) is 25.1 Å². The normalized spacial score (nSPS) is 17.0. The third-order valence-electron chi connectivity index (χ3n) is 5.55. The number of nitrogens with zero attached hydrogens (tertiary/aromatic N) is 1. The van der Waals surface area contributed by atoms with Gasteiger partial charge in [0.05, 0.1) is 4.90 Å². The van der Waals surface area contributed by atoms with E-state index in [4.69, 9.17) is 0 Å². The predicted molar refractivity (Wildman–Crippen MR) is 120 cm³/mol. The highest BCUT2D eigenvalue weighted by atomic mass is 32.2. The SMILES string of the molecule is Cc1cccc(NC(=O)C(=O)NCC[C@@H]2CCCCN2S(=O)(=O)c2ccc(F)c(C)c2)c1. The van der Waals surface area contributed by atoms with Crippen molar-refractivity contribution in [1.82, 2.24) is 9.62 Å². The van der Waals surface area contributed by atoms with Crippen molar-refractivity contribution >= 4 is 27.5 Å². The molecule has 0 aliphatic carbocycles. The molecule has 1 fully saturated rings. The Balaban J connectivity index is 1.60. The third kappa shape index (κ3) is 5.72. The van der Waals surface area contributed by atoms with Crippen molar-refractivity contribution in [3.63, 3.8) is 0 Å². The average Bonchev–Trinajstić information content (AvgIpc) is 2.75. The lowest BCUT2D eigenvalue weighted by molar-refractivity contribution is -0.136. The Morgan fingerprint density at radius 1 is 1.09 bits per heavy atom. The lowest BCUT2D eigenvalue weighted by Crippen LogP contribution is -2.45. The van der Waals surface area contributed by atoms with Crippen LogP contribution in [0.15, 0.2) is 47.4 Å². The number of piperidine rings is 1. The molecular weight excluding hydrogens is 433 g/mol. The molecule has 1 atom stereocenters. The van der Waals surface area contributed by atoms with Crippen molar-refractivity contribution in [3.8, 4) is 0 Å². The van der Waals surface area contributed by atoms with Crippen LogP contribution in [-0.4, -0.2) is 43.7 Å². The number of rotatable bonds is 6. The molecule has 1 aliphatic rings. The van der Waals surface area contributed by atoms with E-state index >= 15 is 0 Å². The highest BCUT2D eigenvalue weighted by molar-refractivity contribution is 7.89. The zero-order chi connectivity index (χ0) is 23.3. The maximum absolute atomic E-state index is 13.6. The summed E-state index contributed by atoms with van der Waals surface area (Å²) in [5.74, 6) is -2.00. The molecule has 172 valence electrons. The van der Waals surface area contributed by atoms with Gasteiger partial charge in [-0.3, -0.25) is 9.59 Å². The molecule has 32 heavy (non-hydrogen) atoms. The number of sulfonamides is 1. The van der Waals surface area contributed by atoms with Crippen LogP contribution < -0.4 is 10.6 Å². The Morgan fingerprint density at radius 2 is 1.88 bits per heavy atom. The van der Waals surface area contributed by atoms with Crippen molar-refractivity contribution in [1.29, 1.82) is 0 Å². The summed E-state index contributed by atoms with van der Waals surface area (Å²) in [6.45, 7) is 3.94. The van der Waals surface area contributed by atoms with Crippen LogP contribution in [0.25, 0.3) is 0 Å². The van der Waals surface area contributed by atoms with Gasteiger partial charge in [0.15, 0.2) is 0 Å². The Hall–Kier alpha value is -2.78.